The van der Waals surface area contributed by atoms with E-state index < -0.39 is 0 Å². The fraction of sp³-hybridized carbons (Fsp3) is 0.182. The van der Waals surface area contributed by atoms with Crippen molar-refractivity contribution in [1.29, 1.82) is 0 Å². The van der Waals surface area contributed by atoms with Gasteiger partial charge >= 0.3 is 0 Å². The number of nitrogen functional groups attached to an aromatic ring is 1. The molecule has 3 aromatic rings. The van der Waals surface area contributed by atoms with Crippen molar-refractivity contribution >= 4 is 30.0 Å². The van der Waals surface area contributed by atoms with Crippen LogP contribution in [-0.4, -0.2) is 22.4 Å². The Bertz CT molecular complexity index is 851. The quantitative estimate of drug-likeness (QED) is 0.359. The Balaban J connectivity index is 1.43. The van der Waals surface area contributed by atoms with Crippen LogP contribution in [0.3, 0.4) is 0 Å². The average Bonchev–Trinajstić information content (AvgIpc) is 2.74. The first kappa shape index (κ1) is 20.0. The first-order valence-corrected chi connectivity index (χ1v) is 9.57. The maximum atomic E-state index is 5.77. The molecule has 1 aromatic heterocycles. The summed E-state index contributed by atoms with van der Waals surface area (Å²) in [4.78, 5) is 8.25. The van der Waals surface area contributed by atoms with Crippen LogP contribution in [0.5, 0.6) is 0 Å². The normalized spacial score (nSPS) is 11.2. The summed E-state index contributed by atoms with van der Waals surface area (Å²) in [5.41, 5.74) is 14.1. The molecule has 0 saturated heterocycles. The van der Waals surface area contributed by atoms with Gasteiger partial charge in [0, 0.05) is 18.5 Å². The number of hydrogen-bond acceptors (Lipinski definition) is 7. The lowest BCUT2D eigenvalue weighted by Crippen LogP contribution is -2.03. The molecule has 0 atom stereocenters. The molecule has 4 N–H and O–H groups in total. The van der Waals surface area contributed by atoms with Crippen molar-refractivity contribution in [2.24, 2.45) is 10.2 Å². The fourth-order valence-corrected chi connectivity index (χ4v) is 2.68. The third-order valence-electron chi connectivity index (χ3n) is 4.09. The highest BCUT2D eigenvalue weighted by molar-refractivity contribution is 5.61. The molecule has 7 heteroatoms. The van der Waals surface area contributed by atoms with E-state index >= 15 is 0 Å². The maximum Gasteiger partial charge on any atom is 0.224 e. The van der Waals surface area contributed by atoms with Crippen molar-refractivity contribution in [1.82, 2.24) is 9.97 Å². The third-order valence-corrected chi connectivity index (χ3v) is 4.09. The molecule has 7 nitrogen and oxygen atoms in total. The Hall–Kier alpha value is -3.74. The van der Waals surface area contributed by atoms with Gasteiger partial charge < -0.3 is 5.73 Å². The fourth-order valence-electron chi connectivity index (χ4n) is 2.68. The first-order valence-electron chi connectivity index (χ1n) is 9.57. The summed E-state index contributed by atoms with van der Waals surface area (Å²) in [5.74, 6) is 1.17. The SMILES string of the molecule is Nc1nc(NN=CCCc2ccccc2)cc(NN=CCCc2ccccc2)n1. The highest BCUT2D eigenvalue weighted by Crippen LogP contribution is 2.12. The van der Waals surface area contributed by atoms with Crippen LogP contribution >= 0.6 is 0 Å². The average molecular weight is 387 g/mol. The molecular weight excluding hydrogens is 362 g/mol. The molecule has 148 valence electrons. The predicted molar refractivity (Wildman–Crippen MR) is 120 cm³/mol. The summed E-state index contributed by atoms with van der Waals surface area (Å²) in [6, 6.07) is 22.3. The third kappa shape index (κ3) is 7.42. The lowest BCUT2D eigenvalue weighted by atomic mass is 10.1. The van der Waals surface area contributed by atoms with Gasteiger partial charge in [0.15, 0.2) is 11.6 Å². The van der Waals surface area contributed by atoms with Gasteiger partial charge in [-0.3, -0.25) is 10.9 Å². The first-order chi connectivity index (χ1) is 14.3. The molecule has 0 radical (unpaired) electrons. The number of rotatable bonds is 10. The van der Waals surface area contributed by atoms with Crippen LogP contribution in [0.2, 0.25) is 0 Å². The summed E-state index contributed by atoms with van der Waals surface area (Å²) < 4.78 is 0. The molecule has 0 saturated carbocycles. The smallest absolute Gasteiger partial charge is 0.224 e. The monoisotopic (exact) mass is 387 g/mol. The molecule has 3 rings (SSSR count). The number of benzene rings is 2. The van der Waals surface area contributed by atoms with Crippen LogP contribution in [0.4, 0.5) is 17.6 Å². The van der Waals surface area contributed by atoms with E-state index in [0.29, 0.717) is 11.6 Å². The predicted octanol–water partition coefficient (Wildman–Crippen LogP) is 4.12. The van der Waals surface area contributed by atoms with E-state index in [-0.39, 0.29) is 5.95 Å². The van der Waals surface area contributed by atoms with E-state index in [0.717, 1.165) is 25.7 Å². The topological polar surface area (TPSA) is 101 Å². The van der Waals surface area contributed by atoms with Crippen LogP contribution in [0.15, 0.2) is 76.9 Å². The van der Waals surface area contributed by atoms with E-state index in [1.165, 1.54) is 11.1 Å². The maximum absolute atomic E-state index is 5.77. The molecule has 29 heavy (non-hydrogen) atoms. The van der Waals surface area contributed by atoms with Gasteiger partial charge in [-0.05, 0) is 36.8 Å². The minimum Gasteiger partial charge on any atom is -0.368 e. The molecule has 0 aliphatic rings. The molecular formula is C22H25N7. The number of hydrazone groups is 2. The Morgan fingerprint density at radius 1 is 0.724 bits per heavy atom. The van der Waals surface area contributed by atoms with Crippen LogP contribution in [-0.2, 0) is 12.8 Å². The summed E-state index contributed by atoms with van der Waals surface area (Å²) in [6.07, 6.45) is 7.16. The van der Waals surface area contributed by atoms with Gasteiger partial charge in [0.25, 0.3) is 0 Å². The van der Waals surface area contributed by atoms with Gasteiger partial charge in [-0.15, -0.1) is 0 Å². The number of aromatic nitrogens is 2. The van der Waals surface area contributed by atoms with Crippen molar-refractivity contribution in [3.05, 3.63) is 77.9 Å². The zero-order valence-electron chi connectivity index (χ0n) is 16.2. The van der Waals surface area contributed by atoms with Crippen LogP contribution < -0.4 is 16.6 Å². The van der Waals surface area contributed by atoms with E-state index in [9.17, 15) is 0 Å². The highest BCUT2D eigenvalue weighted by Gasteiger charge is 2.00. The van der Waals surface area contributed by atoms with Crippen LogP contribution in [0.25, 0.3) is 0 Å². The van der Waals surface area contributed by atoms with Crippen molar-refractivity contribution in [3.8, 4) is 0 Å². The van der Waals surface area contributed by atoms with E-state index in [1.54, 1.807) is 6.07 Å². The second-order valence-corrected chi connectivity index (χ2v) is 6.39. The number of nitrogens with zero attached hydrogens (tertiary/aromatic N) is 4. The van der Waals surface area contributed by atoms with Gasteiger partial charge in [0.05, 0.1) is 0 Å². The Kier molecular flexibility index (Phi) is 7.71. The molecule has 0 amide bonds. The van der Waals surface area contributed by atoms with Gasteiger partial charge in [0.2, 0.25) is 5.95 Å². The number of hydrogen-bond donors (Lipinski definition) is 3. The molecule has 0 spiro atoms. The standard InChI is InChI=1S/C22H25N7/c23-22-26-20(28-24-15-7-13-18-9-3-1-4-10-18)17-21(27-22)29-25-16-8-14-19-11-5-2-6-12-19/h1-6,9-12,15-17H,7-8,13-14H2,(H4,23,26,27,28,29). The van der Waals surface area contributed by atoms with Gasteiger partial charge in [-0.1, -0.05) is 60.7 Å². The zero-order valence-corrected chi connectivity index (χ0v) is 16.2. The summed E-state index contributed by atoms with van der Waals surface area (Å²) in [5, 5.41) is 8.39. The second-order valence-electron chi connectivity index (χ2n) is 6.39. The molecule has 1 heterocycles. The highest BCUT2D eigenvalue weighted by atomic mass is 15.3. The summed E-state index contributed by atoms with van der Waals surface area (Å²) in [7, 11) is 0. The van der Waals surface area contributed by atoms with Crippen LogP contribution in [0.1, 0.15) is 24.0 Å². The summed E-state index contributed by atoms with van der Waals surface area (Å²) in [6.45, 7) is 0. The molecule has 0 aliphatic heterocycles. The lowest BCUT2D eigenvalue weighted by Gasteiger charge is -2.04. The number of aryl methyl sites for hydroxylation is 2. The van der Waals surface area contributed by atoms with Crippen molar-refractivity contribution < 1.29 is 0 Å². The largest absolute Gasteiger partial charge is 0.368 e. The minimum atomic E-state index is 0.150. The van der Waals surface area contributed by atoms with Gasteiger partial charge in [-0.2, -0.15) is 20.2 Å². The Labute approximate surface area is 170 Å². The number of anilines is 3. The van der Waals surface area contributed by atoms with Gasteiger partial charge in [-0.25, -0.2) is 0 Å². The van der Waals surface area contributed by atoms with E-state index in [2.05, 4.69) is 55.3 Å². The van der Waals surface area contributed by atoms with Gasteiger partial charge in [0.1, 0.15) is 0 Å². The molecule has 0 unspecified atom stereocenters. The van der Waals surface area contributed by atoms with Crippen molar-refractivity contribution in [2.45, 2.75) is 25.7 Å². The molecule has 0 bridgehead atoms. The Morgan fingerprint density at radius 3 is 1.62 bits per heavy atom. The molecule has 2 aromatic carbocycles. The van der Waals surface area contributed by atoms with Crippen molar-refractivity contribution in [3.63, 3.8) is 0 Å². The van der Waals surface area contributed by atoms with Crippen LogP contribution in [0, 0.1) is 0 Å². The van der Waals surface area contributed by atoms with E-state index in [4.69, 9.17) is 5.73 Å². The minimum absolute atomic E-state index is 0.150. The summed E-state index contributed by atoms with van der Waals surface area (Å²) >= 11 is 0. The van der Waals surface area contributed by atoms with E-state index in [1.807, 2.05) is 48.8 Å². The molecule has 0 aliphatic carbocycles. The zero-order chi connectivity index (χ0) is 20.2. The second kappa shape index (κ2) is 11.2. The Morgan fingerprint density at radius 2 is 1.17 bits per heavy atom. The number of nitrogens with one attached hydrogen (secondary N) is 2. The number of nitrogens with two attached hydrogens (primary N) is 1. The lowest BCUT2D eigenvalue weighted by molar-refractivity contribution is 1.04. The molecule has 0 fully saturated rings. The van der Waals surface area contributed by atoms with Crippen molar-refractivity contribution in [2.75, 3.05) is 16.6 Å².